The average Bonchev–Trinajstić information content (AvgIpc) is 2.69. The largest absolute Gasteiger partial charge is 0.367 e. The number of hydrogen-bond acceptors (Lipinski definition) is 4. The highest BCUT2D eigenvalue weighted by Crippen LogP contribution is 2.10. The van der Waals surface area contributed by atoms with Crippen molar-refractivity contribution in [3.05, 3.63) is 22.4 Å². The predicted molar refractivity (Wildman–Crippen MR) is 53.1 cm³/mol. The molecule has 0 aliphatic heterocycles. The third kappa shape index (κ3) is 2.65. The zero-order valence-electron chi connectivity index (χ0n) is 7.69. The van der Waals surface area contributed by atoms with Crippen molar-refractivity contribution < 1.29 is 14.7 Å². The highest BCUT2D eigenvalue weighted by Gasteiger charge is 2.18. The van der Waals surface area contributed by atoms with Crippen LogP contribution in [0.1, 0.15) is 23.0 Å². The lowest BCUT2D eigenvalue weighted by Gasteiger charge is -2.09. The van der Waals surface area contributed by atoms with Gasteiger partial charge in [-0.15, -0.1) is 11.3 Å². The maximum Gasteiger partial charge on any atom is 0.222 e. The summed E-state index contributed by atoms with van der Waals surface area (Å²) in [5.74, 6) is -0.816. The number of aliphatic hydroxyl groups excluding tert-OH is 1. The second-order valence-electron chi connectivity index (χ2n) is 2.67. The van der Waals surface area contributed by atoms with Crippen molar-refractivity contribution in [2.75, 3.05) is 0 Å². The second kappa shape index (κ2) is 4.88. The summed E-state index contributed by atoms with van der Waals surface area (Å²) in [5, 5.41) is 13.2. The van der Waals surface area contributed by atoms with Crippen molar-refractivity contribution in [3.8, 4) is 0 Å². The number of Topliss-reactive ketones (excluding diaryl/α,β-unsaturated/α-hetero) is 1. The summed E-state index contributed by atoms with van der Waals surface area (Å²) in [5.41, 5.74) is 0. The predicted octanol–water partition coefficient (Wildman–Crippen LogP) is 0.775. The minimum atomic E-state index is -1.43. The first-order valence-electron chi connectivity index (χ1n) is 4.20. The molecule has 1 rings (SSSR count). The number of carbonyl (C=O) groups excluding carboxylic acids is 2. The Hall–Kier alpha value is -1.20. The number of amides is 1. The summed E-state index contributed by atoms with van der Waals surface area (Å²) >= 11 is 1.23. The number of aliphatic hydroxyl groups is 1. The second-order valence-corrected chi connectivity index (χ2v) is 3.61. The van der Waals surface area contributed by atoms with Gasteiger partial charge in [0.15, 0.2) is 6.23 Å². The van der Waals surface area contributed by atoms with E-state index in [1.165, 1.54) is 11.3 Å². The molecule has 76 valence electrons. The monoisotopic (exact) mass is 213 g/mol. The molecule has 14 heavy (non-hydrogen) atoms. The smallest absolute Gasteiger partial charge is 0.222 e. The van der Waals surface area contributed by atoms with Gasteiger partial charge in [0.1, 0.15) is 0 Å². The van der Waals surface area contributed by atoms with Gasteiger partial charge in [-0.3, -0.25) is 9.59 Å². The molecular weight excluding hydrogens is 202 g/mol. The Kier molecular flexibility index (Phi) is 3.79. The molecule has 2 N–H and O–H groups in total. The van der Waals surface area contributed by atoms with E-state index in [1.807, 2.05) is 0 Å². The highest BCUT2D eigenvalue weighted by molar-refractivity contribution is 7.12. The summed E-state index contributed by atoms with van der Waals surface area (Å²) < 4.78 is 0. The first-order chi connectivity index (χ1) is 6.65. The topological polar surface area (TPSA) is 66.4 Å². The van der Waals surface area contributed by atoms with Crippen LogP contribution in [0.25, 0.3) is 0 Å². The summed E-state index contributed by atoms with van der Waals surface area (Å²) in [4.78, 5) is 22.7. The van der Waals surface area contributed by atoms with E-state index < -0.39 is 12.0 Å². The lowest BCUT2D eigenvalue weighted by atomic mass is 10.3. The minimum Gasteiger partial charge on any atom is -0.367 e. The quantitative estimate of drug-likeness (QED) is 0.573. The molecule has 0 bridgehead atoms. The van der Waals surface area contributed by atoms with Crippen LogP contribution in [0.5, 0.6) is 0 Å². The van der Waals surface area contributed by atoms with Crippen LogP contribution in [0.2, 0.25) is 0 Å². The summed E-state index contributed by atoms with van der Waals surface area (Å²) in [6.07, 6.45) is -1.18. The van der Waals surface area contributed by atoms with Crippen molar-refractivity contribution in [2.24, 2.45) is 0 Å². The number of carbonyl (C=O) groups is 2. The summed E-state index contributed by atoms with van der Waals surface area (Å²) in [7, 11) is 0. The molecule has 0 spiro atoms. The maximum absolute atomic E-state index is 11.4. The third-order valence-corrected chi connectivity index (χ3v) is 2.52. The Labute approximate surface area is 85.6 Å². The van der Waals surface area contributed by atoms with Crippen molar-refractivity contribution >= 4 is 23.0 Å². The molecule has 1 atom stereocenters. The van der Waals surface area contributed by atoms with Gasteiger partial charge in [-0.25, -0.2) is 0 Å². The molecular formula is C9H11NO3S. The van der Waals surface area contributed by atoms with Gasteiger partial charge < -0.3 is 10.4 Å². The molecule has 1 heterocycles. The molecule has 1 unspecified atom stereocenters. The van der Waals surface area contributed by atoms with Gasteiger partial charge in [0.2, 0.25) is 11.7 Å². The van der Waals surface area contributed by atoms with E-state index in [9.17, 15) is 14.7 Å². The Bertz CT molecular complexity index is 321. The Morgan fingerprint density at radius 2 is 2.36 bits per heavy atom. The van der Waals surface area contributed by atoms with Crippen LogP contribution in [0.3, 0.4) is 0 Å². The van der Waals surface area contributed by atoms with Crippen LogP contribution in [0.15, 0.2) is 17.5 Å². The normalized spacial score (nSPS) is 12.1. The van der Waals surface area contributed by atoms with Gasteiger partial charge in [-0.05, 0) is 11.4 Å². The lowest BCUT2D eigenvalue weighted by molar-refractivity contribution is -0.123. The zero-order valence-corrected chi connectivity index (χ0v) is 8.50. The SMILES string of the molecule is CCC(=O)NC(O)C(=O)c1cccs1. The van der Waals surface area contributed by atoms with Gasteiger partial charge in [-0.1, -0.05) is 13.0 Å². The van der Waals surface area contributed by atoms with Gasteiger partial charge in [0, 0.05) is 6.42 Å². The Balaban J connectivity index is 2.58. The standard InChI is InChI=1S/C9H11NO3S/c1-2-7(11)10-9(13)8(12)6-4-3-5-14-6/h3-5,9,13H,2H2,1H3,(H,10,11). The third-order valence-electron chi connectivity index (χ3n) is 1.63. The van der Waals surface area contributed by atoms with Crippen LogP contribution in [0.4, 0.5) is 0 Å². The number of ketones is 1. The molecule has 1 aromatic rings. The molecule has 0 saturated heterocycles. The summed E-state index contributed by atoms with van der Waals surface area (Å²) in [6, 6.07) is 3.32. The molecule has 0 fully saturated rings. The fourth-order valence-electron chi connectivity index (χ4n) is 0.874. The van der Waals surface area contributed by atoms with Gasteiger partial charge in [0.05, 0.1) is 4.88 Å². The molecule has 0 aliphatic carbocycles. The number of hydrogen-bond donors (Lipinski definition) is 2. The molecule has 1 amide bonds. The molecule has 0 aromatic carbocycles. The number of nitrogens with one attached hydrogen (secondary N) is 1. The average molecular weight is 213 g/mol. The molecule has 5 heteroatoms. The van der Waals surface area contributed by atoms with Gasteiger partial charge >= 0.3 is 0 Å². The van der Waals surface area contributed by atoms with Crippen molar-refractivity contribution in [1.82, 2.24) is 5.32 Å². The molecule has 4 nitrogen and oxygen atoms in total. The van der Waals surface area contributed by atoms with E-state index in [0.29, 0.717) is 4.88 Å². The van der Waals surface area contributed by atoms with Crippen LogP contribution in [-0.4, -0.2) is 23.0 Å². The molecule has 1 aromatic heterocycles. The van der Waals surface area contributed by atoms with Crippen LogP contribution < -0.4 is 5.32 Å². The fourth-order valence-corrected chi connectivity index (χ4v) is 1.56. The van der Waals surface area contributed by atoms with E-state index >= 15 is 0 Å². The number of thiophene rings is 1. The van der Waals surface area contributed by atoms with Crippen LogP contribution in [-0.2, 0) is 4.79 Å². The van der Waals surface area contributed by atoms with E-state index in [4.69, 9.17) is 0 Å². The fraction of sp³-hybridized carbons (Fsp3) is 0.333. The van der Waals surface area contributed by atoms with Crippen molar-refractivity contribution in [2.45, 2.75) is 19.6 Å². The number of rotatable bonds is 4. The van der Waals surface area contributed by atoms with Crippen molar-refractivity contribution in [1.29, 1.82) is 0 Å². The Morgan fingerprint density at radius 1 is 1.64 bits per heavy atom. The van der Waals surface area contributed by atoms with E-state index in [2.05, 4.69) is 5.32 Å². The first-order valence-corrected chi connectivity index (χ1v) is 5.08. The van der Waals surface area contributed by atoms with Crippen LogP contribution in [0, 0.1) is 0 Å². The molecule has 0 radical (unpaired) electrons. The van der Waals surface area contributed by atoms with Gasteiger partial charge in [-0.2, -0.15) is 0 Å². The van der Waals surface area contributed by atoms with Gasteiger partial charge in [0.25, 0.3) is 0 Å². The minimum absolute atomic E-state index is 0.245. The lowest BCUT2D eigenvalue weighted by Crippen LogP contribution is -2.40. The molecule has 0 aliphatic rings. The van der Waals surface area contributed by atoms with Crippen molar-refractivity contribution in [3.63, 3.8) is 0 Å². The highest BCUT2D eigenvalue weighted by atomic mass is 32.1. The maximum atomic E-state index is 11.4. The Morgan fingerprint density at radius 3 is 2.86 bits per heavy atom. The zero-order chi connectivity index (χ0) is 10.6. The first kappa shape index (κ1) is 10.9. The van der Waals surface area contributed by atoms with E-state index in [-0.39, 0.29) is 12.3 Å². The van der Waals surface area contributed by atoms with E-state index in [1.54, 1.807) is 24.4 Å². The summed E-state index contributed by atoms with van der Waals surface area (Å²) in [6.45, 7) is 1.65. The molecule has 0 saturated carbocycles. The van der Waals surface area contributed by atoms with Crippen LogP contribution >= 0.6 is 11.3 Å². The van der Waals surface area contributed by atoms with E-state index in [0.717, 1.165) is 0 Å².